The van der Waals surface area contributed by atoms with Crippen LogP contribution in [-0.4, -0.2) is 11.7 Å². The molecule has 0 aliphatic heterocycles. The van der Waals surface area contributed by atoms with Gasteiger partial charge in [-0.25, -0.2) is 0 Å². The Kier molecular flexibility index (Phi) is 3.39. The molecule has 4 unspecified atom stereocenters. The van der Waals surface area contributed by atoms with E-state index in [1.165, 1.54) is 44.9 Å². The van der Waals surface area contributed by atoms with Crippen LogP contribution in [0.25, 0.3) is 0 Å². The highest BCUT2D eigenvalue weighted by atomic mass is 16.3. The van der Waals surface area contributed by atoms with Crippen LogP contribution >= 0.6 is 0 Å². The largest absolute Gasteiger partial charge is 0.396 e. The molecule has 0 saturated heterocycles. The normalized spacial score (nSPS) is 41.0. The highest BCUT2D eigenvalue weighted by Gasteiger charge is 2.50. The first kappa shape index (κ1) is 11.4. The Morgan fingerprint density at radius 2 is 2.20 bits per heavy atom. The van der Waals surface area contributed by atoms with Crippen LogP contribution in [-0.2, 0) is 0 Å². The molecule has 0 radical (unpaired) electrons. The van der Waals surface area contributed by atoms with Crippen LogP contribution in [0.2, 0.25) is 0 Å². The summed E-state index contributed by atoms with van der Waals surface area (Å²) in [5.41, 5.74) is 0.331. The van der Waals surface area contributed by atoms with E-state index in [9.17, 15) is 5.11 Å². The number of aliphatic hydroxyl groups is 1. The first-order valence-electron chi connectivity index (χ1n) is 6.81. The van der Waals surface area contributed by atoms with Gasteiger partial charge < -0.3 is 5.11 Å². The van der Waals surface area contributed by atoms with Crippen molar-refractivity contribution in [1.29, 1.82) is 0 Å². The highest BCUT2D eigenvalue weighted by molar-refractivity contribution is 5.00. The quantitative estimate of drug-likeness (QED) is 0.735. The first-order chi connectivity index (χ1) is 7.20. The molecule has 1 N–H and O–H groups in total. The fraction of sp³-hybridized carbons (Fsp3) is 1.00. The lowest BCUT2D eigenvalue weighted by Gasteiger charge is -2.38. The van der Waals surface area contributed by atoms with Crippen LogP contribution in [0.4, 0.5) is 0 Å². The number of fused-ring (bicyclic) bond motifs is 2. The Hall–Kier alpha value is -0.0400. The highest BCUT2D eigenvalue weighted by Crippen LogP contribution is 2.58. The lowest BCUT2D eigenvalue weighted by atomic mass is 9.68. The minimum Gasteiger partial charge on any atom is -0.396 e. The molecule has 0 heterocycles. The SMILES string of the molecule is CCCC(C)CC1(CO)CC2CCC1C2. The van der Waals surface area contributed by atoms with E-state index in [4.69, 9.17) is 0 Å². The maximum absolute atomic E-state index is 9.76. The van der Waals surface area contributed by atoms with E-state index in [2.05, 4.69) is 13.8 Å². The second kappa shape index (κ2) is 4.45. The topological polar surface area (TPSA) is 20.2 Å². The molecule has 1 nitrogen and oxygen atoms in total. The Balaban J connectivity index is 1.97. The summed E-state index contributed by atoms with van der Waals surface area (Å²) in [6.45, 7) is 5.08. The average Bonchev–Trinajstić information content (AvgIpc) is 2.78. The molecule has 2 rings (SSSR count). The molecule has 88 valence electrons. The monoisotopic (exact) mass is 210 g/mol. The summed E-state index contributed by atoms with van der Waals surface area (Å²) in [6, 6.07) is 0. The van der Waals surface area contributed by atoms with Gasteiger partial charge in [0.2, 0.25) is 0 Å². The summed E-state index contributed by atoms with van der Waals surface area (Å²) in [6.07, 6.45) is 9.47. The van der Waals surface area contributed by atoms with Crippen LogP contribution < -0.4 is 0 Å². The van der Waals surface area contributed by atoms with Gasteiger partial charge in [0.05, 0.1) is 0 Å². The van der Waals surface area contributed by atoms with Crippen LogP contribution in [0, 0.1) is 23.2 Å². The molecule has 15 heavy (non-hydrogen) atoms. The van der Waals surface area contributed by atoms with E-state index >= 15 is 0 Å². The summed E-state index contributed by atoms with van der Waals surface area (Å²) in [5.74, 6) is 2.62. The third-order valence-corrected chi connectivity index (χ3v) is 4.95. The molecular weight excluding hydrogens is 184 g/mol. The molecule has 2 fully saturated rings. The van der Waals surface area contributed by atoms with E-state index < -0.39 is 0 Å². The number of hydrogen-bond donors (Lipinski definition) is 1. The third-order valence-electron chi connectivity index (χ3n) is 4.95. The summed E-state index contributed by atoms with van der Waals surface area (Å²) in [4.78, 5) is 0. The smallest absolute Gasteiger partial charge is 0.0490 e. The third kappa shape index (κ3) is 2.08. The second-order valence-corrected chi connectivity index (χ2v) is 6.20. The average molecular weight is 210 g/mol. The van der Waals surface area contributed by atoms with Gasteiger partial charge in [0.25, 0.3) is 0 Å². The molecule has 2 saturated carbocycles. The molecule has 0 aromatic rings. The van der Waals surface area contributed by atoms with Crippen molar-refractivity contribution in [2.45, 2.75) is 58.8 Å². The zero-order valence-corrected chi connectivity index (χ0v) is 10.3. The molecule has 2 aliphatic carbocycles. The van der Waals surface area contributed by atoms with Crippen molar-refractivity contribution in [2.24, 2.45) is 23.2 Å². The minimum absolute atomic E-state index is 0.331. The van der Waals surface area contributed by atoms with Gasteiger partial charge in [-0.3, -0.25) is 0 Å². The van der Waals surface area contributed by atoms with Crippen molar-refractivity contribution in [3.05, 3.63) is 0 Å². The summed E-state index contributed by atoms with van der Waals surface area (Å²) < 4.78 is 0. The van der Waals surface area contributed by atoms with E-state index in [0.717, 1.165) is 17.8 Å². The lowest BCUT2D eigenvalue weighted by Crippen LogP contribution is -2.33. The maximum Gasteiger partial charge on any atom is 0.0490 e. The molecular formula is C14H26O. The Bertz CT molecular complexity index is 213. The molecule has 2 bridgehead atoms. The molecule has 0 aromatic carbocycles. The van der Waals surface area contributed by atoms with E-state index in [-0.39, 0.29) is 0 Å². The number of aliphatic hydroxyl groups excluding tert-OH is 1. The zero-order chi connectivity index (χ0) is 10.9. The minimum atomic E-state index is 0.331. The van der Waals surface area contributed by atoms with Crippen molar-refractivity contribution in [2.75, 3.05) is 6.61 Å². The number of rotatable bonds is 5. The Morgan fingerprint density at radius 1 is 1.40 bits per heavy atom. The van der Waals surface area contributed by atoms with Crippen molar-refractivity contribution < 1.29 is 5.11 Å². The Labute approximate surface area is 94.3 Å². The van der Waals surface area contributed by atoms with Gasteiger partial charge in [-0.1, -0.05) is 33.1 Å². The van der Waals surface area contributed by atoms with E-state index in [1.807, 2.05) is 0 Å². The molecule has 0 spiro atoms. The zero-order valence-electron chi connectivity index (χ0n) is 10.3. The van der Waals surface area contributed by atoms with Gasteiger partial charge in [-0.15, -0.1) is 0 Å². The van der Waals surface area contributed by atoms with Gasteiger partial charge in [-0.05, 0) is 48.9 Å². The summed E-state index contributed by atoms with van der Waals surface area (Å²) in [7, 11) is 0. The Morgan fingerprint density at radius 3 is 2.67 bits per heavy atom. The maximum atomic E-state index is 9.76. The predicted molar refractivity (Wildman–Crippen MR) is 63.7 cm³/mol. The molecule has 2 aliphatic rings. The van der Waals surface area contributed by atoms with Gasteiger partial charge in [0.1, 0.15) is 0 Å². The second-order valence-electron chi connectivity index (χ2n) is 6.20. The van der Waals surface area contributed by atoms with Crippen LogP contribution in [0.1, 0.15) is 58.8 Å². The fourth-order valence-electron chi connectivity index (χ4n) is 4.36. The van der Waals surface area contributed by atoms with Gasteiger partial charge in [0, 0.05) is 6.61 Å². The van der Waals surface area contributed by atoms with Gasteiger partial charge in [0.15, 0.2) is 0 Å². The first-order valence-corrected chi connectivity index (χ1v) is 6.81. The van der Waals surface area contributed by atoms with Gasteiger partial charge >= 0.3 is 0 Å². The number of hydrogen-bond acceptors (Lipinski definition) is 1. The van der Waals surface area contributed by atoms with E-state index in [0.29, 0.717) is 12.0 Å². The lowest BCUT2D eigenvalue weighted by molar-refractivity contribution is 0.0408. The van der Waals surface area contributed by atoms with Crippen LogP contribution in [0.15, 0.2) is 0 Å². The van der Waals surface area contributed by atoms with Gasteiger partial charge in [-0.2, -0.15) is 0 Å². The standard InChI is InChI=1S/C14H26O/c1-3-4-11(2)8-14(10-15)9-12-5-6-13(14)7-12/h11-13,15H,3-10H2,1-2H3. The fourth-order valence-corrected chi connectivity index (χ4v) is 4.36. The molecule has 0 aromatic heterocycles. The van der Waals surface area contributed by atoms with Crippen LogP contribution in [0.3, 0.4) is 0 Å². The summed E-state index contributed by atoms with van der Waals surface area (Å²) in [5, 5.41) is 9.76. The van der Waals surface area contributed by atoms with Crippen molar-refractivity contribution >= 4 is 0 Å². The predicted octanol–water partition coefficient (Wildman–Crippen LogP) is 3.61. The molecule has 4 atom stereocenters. The van der Waals surface area contributed by atoms with Crippen molar-refractivity contribution in [3.63, 3.8) is 0 Å². The van der Waals surface area contributed by atoms with Crippen LogP contribution in [0.5, 0.6) is 0 Å². The summed E-state index contributed by atoms with van der Waals surface area (Å²) >= 11 is 0. The van der Waals surface area contributed by atoms with Crippen molar-refractivity contribution in [3.8, 4) is 0 Å². The van der Waals surface area contributed by atoms with Crippen molar-refractivity contribution in [1.82, 2.24) is 0 Å². The molecule has 0 amide bonds. The molecule has 1 heteroatoms. The van der Waals surface area contributed by atoms with E-state index in [1.54, 1.807) is 0 Å².